The van der Waals surface area contributed by atoms with Gasteiger partial charge in [0, 0.05) is 42.1 Å². The van der Waals surface area contributed by atoms with E-state index in [4.69, 9.17) is 4.98 Å². The number of anilines is 1. The molecule has 0 aliphatic heterocycles. The Balaban J connectivity index is 1.41. The molecule has 6 rings (SSSR count). The highest BCUT2D eigenvalue weighted by molar-refractivity contribution is 5.96. The van der Waals surface area contributed by atoms with Crippen molar-refractivity contribution in [3.05, 3.63) is 72.9 Å². The van der Waals surface area contributed by atoms with Crippen molar-refractivity contribution in [3.8, 4) is 34.0 Å². The Hall–Kier alpha value is -4.70. The first-order chi connectivity index (χ1) is 18.0. The molecule has 184 valence electrons. The summed E-state index contributed by atoms with van der Waals surface area (Å²) >= 11 is 0. The lowest BCUT2D eigenvalue weighted by atomic mass is 10.0. The van der Waals surface area contributed by atoms with Crippen molar-refractivity contribution in [1.82, 2.24) is 40.0 Å². The Labute approximate surface area is 211 Å². The predicted molar refractivity (Wildman–Crippen MR) is 142 cm³/mol. The summed E-state index contributed by atoms with van der Waals surface area (Å²) in [7, 11) is 4.00. The van der Waals surface area contributed by atoms with Gasteiger partial charge in [0.15, 0.2) is 11.5 Å². The van der Waals surface area contributed by atoms with Gasteiger partial charge in [-0.1, -0.05) is 6.07 Å². The fraction of sp³-hybridized carbons (Fsp3) is 0.148. The Morgan fingerprint density at radius 3 is 2.73 bits per heavy atom. The number of H-pyrrole nitrogens is 2. The average molecular weight is 494 g/mol. The van der Waals surface area contributed by atoms with Gasteiger partial charge in [-0.2, -0.15) is 5.10 Å². The first-order valence-corrected chi connectivity index (χ1v) is 11.9. The largest absolute Gasteiger partial charge is 0.384 e. The van der Waals surface area contributed by atoms with Crippen molar-refractivity contribution in [1.29, 1.82) is 0 Å². The number of nitrogens with one attached hydrogen (secondary N) is 3. The molecular formula is C27H24FN9. The Kier molecular flexibility index (Phi) is 5.78. The quantitative estimate of drug-likeness (QED) is 0.295. The van der Waals surface area contributed by atoms with E-state index < -0.39 is 0 Å². The van der Waals surface area contributed by atoms with Crippen molar-refractivity contribution in [2.45, 2.75) is 0 Å². The van der Waals surface area contributed by atoms with Gasteiger partial charge in [0.05, 0.1) is 28.6 Å². The van der Waals surface area contributed by atoms with E-state index in [-0.39, 0.29) is 5.82 Å². The van der Waals surface area contributed by atoms with E-state index in [1.165, 1.54) is 12.1 Å². The number of hydrogen-bond acceptors (Lipinski definition) is 7. The van der Waals surface area contributed by atoms with Gasteiger partial charge in [-0.15, -0.1) is 0 Å². The second-order valence-corrected chi connectivity index (χ2v) is 9.00. The highest BCUT2D eigenvalue weighted by Crippen LogP contribution is 2.32. The monoisotopic (exact) mass is 493 g/mol. The van der Waals surface area contributed by atoms with E-state index in [9.17, 15) is 4.39 Å². The van der Waals surface area contributed by atoms with Gasteiger partial charge in [0.1, 0.15) is 11.5 Å². The summed E-state index contributed by atoms with van der Waals surface area (Å²) in [5, 5.41) is 11.7. The first kappa shape index (κ1) is 22.7. The summed E-state index contributed by atoms with van der Waals surface area (Å²) in [5.74, 6) is 0.238. The lowest BCUT2D eigenvalue weighted by molar-refractivity contribution is 0.425. The zero-order chi connectivity index (χ0) is 25.4. The summed E-state index contributed by atoms with van der Waals surface area (Å²) in [5.41, 5.74) is 6.40. The Morgan fingerprint density at radius 1 is 0.973 bits per heavy atom. The molecule has 0 atom stereocenters. The van der Waals surface area contributed by atoms with Gasteiger partial charge in [-0.3, -0.25) is 15.1 Å². The molecule has 0 unspecified atom stereocenters. The number of likely N-dealkylation sites (N-methyl/N-ethyl adjacent to an activating group) is 1. The van der Waals surface area contributed by atoms with Gasteiger partial charge >= 0.3 is 0 Å². The molecule has 0 aliphatic rings. The molecule has 0 radical (unpaired) electrons. The first-order valence-electron chi connectivity index (χ1n) is 11.9. The highest BCUT2D eigenvalue weighted by atomic mass is 19.1. The number of aromatic amines is 2. The molecule has 37 heavy (non-hydrogen) atoms. The van der Waals surface area contributed by atoms with E-state index in [0.29, 0.717) is 29.2 Å². The van der Waals surface area contributed by atoms with Crippen LogP contribution >= 0.6 is 0 Å². The number of nitrogens with zero attached hydrogens (tertiary/aromatic N) is 6. The number of hydrogen-bond donors (Lipinski definition) is 3. The molecule has 6 aromatic rings. The molecular weight excluding hydrogens is 469 g/mol. The molecule has 5 heterocycles. The van der Waals surface area contributed by atoms with Crippen molar-refractivity contribution in [2.75, 3.05) is 32.5 Å². The van der Waals surface area contributed by atoms with Crippen LogP contribution in [0.1, 0.15) is 0 Å². The normalized spacial score (nSPS) is 11.6. The molecule has 9 nitrogen and oxygen atoms in total. The molecule has 1 aromatic carbocycles. The van der Waals surface area contributed by atoms with Crippen molar-refractivity contribution in [3.63, 3.8) is 0 Å². The minimum absolute atomic E-state index is 0.317. The van der Waals surface area contributed by atoms with Gasteiger partial charge in [-0.25, -0.2) is 14.4 Å². The molecule has 0 saturated heterocycles. The van der Waals surface area contributed by atoms with E-state index in [2.05, 4.69) is 40.3 Å². The number of rotatable bonds is 7. The van der Waals surface area contributed by atoms with Crippen LogP contribution in [0.15, 0.2) is 67.1 Å². The summed E-state index contributed by atoms with van der Waals surface area (Å²) in [4.78, 5) is 23.5. The number of pyridine rings is 3. The van der Waals surface area contributed by atoms with Gasteiger partial charge in [0.2, 0.25) is 0 Å². The zero-order valence-electron chi connectivity index (χ0n) is 20.3. The maximum atomic E-state index is 14.6. The van der Waals surface area contributed by atoms with Gasteiger partial charge in [-0.05, 0) is 62.1 Å². The zero-order valence-corrected chi connectivity index (χ0v) is 20.3. The van der Waals surface area contributed by atoms with E-state index in [1.807, 2.05) is 50.5 Å². The third kappa shape index (κ3) is 4.50. The molecule has 10 heteroatoms. The number of halogens is 1. The topological polar surface area (TPSA) is 111 Å². The van der Waals surface area contributed by atoms with Crippen LogP contribution in [-0.4, -0.2) is 67.2 Å². The summed E-state index contributed by atoms with van der Waals surface area (Å²) in [6.45, 7) is 1.54. The van der Waals surface area contributed by atoms with Gasteiger partial charge in [0.25, 0.3) is 0 Å². The van der Waals surface area contributed by atoms with E-state index in [1.54, 1.807) is 18.6 Å². The second-order valence-electron chi connectivity index (χ2n) is 9.00. The smallest absolute Gasteiger partial charge is 0.178 e. The maximum absolute atomic E-state index is 14.6. The molecule has 0 spiro atoms. The summed E-state index contributed by atoms with van der Waals surface area (Å²) < 4.78 is 14.6. The molecule has 0 fully saturated rings. The van der Waals surface area contributed by atoms with Crippen LogP contribution in [0.5, 0.6) is 0 Å². The highest BCUT2D eigenvalue weighted by Gasteiger charge is 2.17. The SMILES string of the molecule is CN(C)CCNc1cc(F)cc(-c2ccnc3nc(-c4n[nH]c5cnc(-c6ccccn6)cc45)[nH]c23)c1. The second kappa shape index (κ2) is 9.40. The molecule has 0 aliphatic carbocycles. The van der Waals surface area contributed by atoms with Crippen LogP contribution in [-0.2, 0) is 0 Å². The molecule has 0 amide bonds. The third-order valence-electron chi connectivity index (χ3n) is 6.09. The fourth-order valence-corrected chi connectivity index (χ4v) is 4.29. The van der Waals surface area contributed by atoms with E-state index >= 15 is 0 Å². The molecule has 0 bridgehead atoms. The fourth-order valence-electron chi connectivity index (χ4n) is 4.29. The lowest BCUT2D eigenvalue weighted by Gasteiger charge is -2.13. The van der Waals surface area contributed by atoms with Crippen LogP contribution in [0.4, 0.5) is 10.1 Å². The molecule has 3 N–H and O–H groups in total. The van der Waals surface area contributed by atoms with Crippen LogP contribution in [0.3, 0.4) is 0 Å². The maximum Gasteiger partial charge on any atom is 0.178 e. The van der Waals surface area contributed by atoms with E-state index in [0.717, 1.165) is 45.6 Å². The van der Waals surface area contributed by atoms with Crippen molar-refractivity contribution in [2.24, 2.45) is 0 Å². The molecule has 0 saturated carbocycles. The third-order valence-corrected chi connectivity index (χ3v) is 6.09. The lowest BCUT2D eigenvalue weighted by Crippen LogP contribution is -2.20. The number of aromatic nitrogens is 7. The van der Waals surface area contributed by atoms with Crippen LogP contribution in [0.2, 0.25) is 0 Å². The Morgan fingerprint density at radius 2 is 1.89 bits per heavy atom. The molecule has 5 aromatic heterocycles. The van der Waals surface area contributed by atoms with Crippen LogP contribution in [0.25, 0.3) is 56.1 Å². The van der Waals surface area contributed by atoms with Gasteiger partial charge < -0.3 is 15.2 Å². The number of imidazole rings is 1. The minimum Gasteiger partial charge on any atom is -0.384 e. The van der Waals surface area contributed by atoms with Crippen molar-refractivity contribution >= 4 is 27.8 Å². The number of benzene rings is 1. The summed E-state index contributed by atoms with van der Waals surface area (Å²) in [6.07, 6.45) is 5.15. The predicted octanol–water partition coefficient (Wildman–Crippen LogP) is 4.74. The average Bonchev–Trinajstić information content (AvgIpc) is 3.52. The van der Waals surface area contributed by atoms with Crippen molar-refractivity contribution < 1.29 is 4.39 Å². The Bertz CT molecular complexity index is 1710. The minimum atomic E-state index is -0.317. The standard InChI is InChI=1S/C27H24FN9/c1-37(2)10-9-29-18-12-16(11-17(28)13-18)19-6-8-31-26-24(19)33-27(34-26)25-20-14-22(21-5-3-4-7-30-21)32-15-23(20)35-36-25/h3-8,11-15,29H,9-10H2,1-2H3,(H,35,36)(H,31,33,34). The number of fused-ring (bicyclic) bond motifs is 2. The summed E-state index contributed by atoms with van der Waals surface area (Å²) in [6, 6.07) is 14.4. The van der Waals surface area contributed by atoms with Crippen LogP contribution in [0, 0.1) is 5.82 Å². The van der Waals surface area contributed by atoms with Crippen LogP contribution < -0.4 is 5.32 Å².